The number of sulfonamides is 1. The summed E-state index contributed by atoms with van der Waals surface area (Å²) >= 11 is 0. The molecule has 2 aromatic rings. The summed E-state index contributed by atoms with van der Waals surface area (Å²) in [6.45, 7) is 3.96. The molecule has 156 valence electrons. The van der Waals surface area contributed by atoms with E-state index in [4.69, 9.17) is 0 Å². The first kappa shape index (κ1) is 21.0. The normalized spacial score (nSPS) is 13.9. The molecule has 29 heavy (non-hydrogen) atoms. The minimum atomic E-state index is -3.86. The number of hydrogen-bond donors (Lipinski definition) is 0. The molecule has 1 aliphatic heterocycles. The van der Waals surface area contributed by atoms with E-state index in [0.717, 1.165) is 34.7 Å². The second-order valence-corrected chi connectivity index (χ2v) is 9.17. The summed E-state index contributed by atoms with van der Waals surface area (Å²) in [5.41, 5.74) is 3.25. The lowest BCUT2D eigenvalue weighted by Crippen LogP contribution is -2.39. The van der Waals surface area contributed by atoms with Gasteiger partial charge >= 0.3 is 0 Å². The van der Waals surface area contributed by atoms with Gasteiger partial charge in [0.2, 0.25) is 21.8 Å². The highest BCUT2D eigenvalue weighted by molar-refractivity contribution is 7.92. The second-order valence-electron chi connectivity index (χ2n) is 7.34. The molecule has 0 aliphatic carbocycles. The lowest BCUT2D eigenvalue weighted by Gasteiger charge is -2.29. The van der Waals surface area contributed by atoms with Crippen LogP contribution in [0.1, 0.15) is 36.2 Å². The number of carbonyl (C=O) groups is 2. The van der Waals surface area contributed by atoms with Gasteiger partial charge in [0, 0.05) is 32.1 Å². The van der Waals surface area contributed by atoms with Crippen LogP contribution in [0.15, 0.2) is 24.3 Å². The number of fused-ring (bicyclic) bond motifs is 1. The Hall–Kier alpha value is -2.68. The van der Waals surface area contributed by atoms with Gasteiger partial charge in [0.15, 0.2) is 0 Å². The van der Waals surface area contributed by atoms with Crippen LogP contribution in [-0.4, -0.2) is 42.8 Å². The number of aromatic nitrogens is 2. The number of benzene rings is 1. The van der Waals surface area contributed by atoms with E-state index in [9.17, 15) is 18.0 Å². The molecule has 9 heteroatoms. The topological polar surface area (TPSA) is 92.6 Å². The number of rotatable bonds is 5. The summed E-state index contributed by atoms with van der Waals surface area (Å²) in [5.74, 6) is -0.816. The van der Waals surface area contributed by atoms with Gasteiger partial charge in [-0.05, 0) is 38.3 Å². The minimum absolute atomic E-state index is 0.0580. The Bertz CT molecular complexity index is 1060. The fraction of sp³-hybridized carbons (Fsp3) is 0.450. The average Bonchev–Trinajstić information content (AvgIpc) is 2.91. The third-order valence-corrected chi connectivity index (χ3v) is 6.25. The van der Waals surface area contributed by atoms with E-state index in [1.165, 1.54) is 4.68 Å². The van der Waals surface area contributed by atoms with Crippen LogP contribution >= 0.6 is 0 Å². The first-order chi connectivity index (χ1) is 13.6. The van der Waals surface area contributed by atoms with Crippen molar-refractivity contribution in [2.75, 3.05) is 22.0 Å². The zero-order valence-electron chi connectivity index (χ0n) is 17.2. The van der Waals surface area contributed by atoms with Crippen molar-refractivity contribution in [3.63, 3.8) is 0 Å². The van der Waals surface area contributed by atoms with Crippen molar-refractivity contribution >= 4 is 33.2 Å². The summed E-state index contributed by atoms with van der Waals surface area (Å²) < 4.78 is 27.1. The molecule has 0 saturated carbocycles. The third-order valence-electron chi connectivity index (χ3n) is 5.20. The lowest BCUT2D eigenvalue weighted by molar-refractivity contribution is -0.123. The third kappa shape index (κ3) is 4.19. The van der Waals surface area contributed by atoms with E-state index in [0.29, 0.717) is 17.9 Å². The Morgan fingerprint density at radius 3 is 2.48 bits per heavy atom. The quantitative estimate of drug-likeness (QED) is 0.741. The molecule has 0 unspecified atom stereocenters. The van der Waals surface area contributed by atoms with Gasteiger partial charge in [0.05, 0.1) is 17.6 Å². The predicted octanol–water partition coefficient (Wildman–Crippen LogP) is 2.09. The van der Waals surface area contributed by atoms with Crippen LogP contribution in [0.25, 0.3) is 0 Å². The molecule has 1 aromatic carbocycles. The fourth-order valence-corrected chi connectivity index (χ4v) is 4.83. The van der Waals surface area contributed by atoms with Crippen LogP contribution in [0.5, 0.6) is 0 Å². The van der Waals surface area contributed by atoms with Gasteiger partial charge < -0.3 is 4.90 Å². The molecule has 1 aliphatic rings. The highest BCUT2D eigenvalue weighted by atomic mass is 32.2. The van der Waals surface area contributed by atoms with E-state index < -0.39 is 15.9 Å². The number of hydrogen-bond acceptors (Lipinski definition) is 5. The monoisotopic (exact) mass is 418 g/mol. The van der Waals surface area contributed by atoms with Crippen molar-refractivity contribution in [3.05, 3.63) is 41.2 Å². The Labute approximate surface area is 171 Å². The van der Waals surface area contributed by atoms with Gasteiger partial charge in [-0.1, -0.05) is 18.2 Å². The number of carbonyl (C=O) groups excluding carboxylic acids is 2. The van der Waals surface area contributed by atoms with Gasteiger partial charge in [-0.25, -0.2) is 12.7 Å². The largest absolute Gasteiger partial charge is 0.312 e. The number of aryl methyl sites for hydroxylation is 3. The molecule has 0 atom stereocenters. The molecule has 2 heterocycles. The van der Waals surface area contributed by atoms with Crippen molar-refractivity contribution in [2.45, 2.75) is 39.5 Å². The van der Waals surface area contributed by atoms with E-state index >= 15 is 0 Å². The lowest BCUT2D eigenvalue weighted by atomic mass is 10.0. The number of nitrogens with zero attached hydrogens (tertiary/aromatic N) is 4. The Morgan fingerprint density at radius 1 is 1.17 bits per heavy atom. The Kier molecular flexibility index (Phi) is 5.79. The number of amides is 2. The van der Waals surface area contributed by atoms with Crippen molar-refractivity contribution in [1.82, 2.24) is 9.78 Å². The maximum atomic E-state index is 12.9. The standard InChI is InChI=1S/C20H26N4O4S/c1-14-20(15(2)22(3)21-14)24(29(4,27)28)19(26)12-11-18(25)23-13-7-9-16-8-5-6-10-17(16)23/h5-6,8,10H,7,9,11-13H2,1-4H3. The Balaban J connectivity index is 1.79. The van der Waals surface area contributed by atoms with E-state index in [1.54, 1.807) is 25.8 Å². The van der Waals surface area contributed by atoms with Gasteiger partial charge in [-0.2, -0.15) is 5.10 Å². The SMILES string of the molecule is Cc1nn(C)c(C)c1N(C(=O)CCC(=O)N1CCCc2ccccc21)S(C)(=O)=O. The molecule has 0 radical (unpaired) electrons. The Morgan fingerprint density at radius 2 is 1.86 bits per heavy atom. The molecule has 0 bridgehead atoms. The molecule has 1 aromatic heterocycles. The van der Waals surface area contributed by atoms with Crippen LogP contribution in [0.3, 0.4) is 0 Å². The van der Waals surface area contributed by atoms with Gasteiger partial charge in [-0.3, -0.25) is 14.3 Å². The molecular weight excluding hydrogens is 392 g/mol. The van der Waals surface area contributed by atoms with Gasteiger partial charge in [0.25, 0.3) is 0 Å². The molecule has 0 spiro atoms. The van der Waals surface area contributed by atoms with Crippen LogP contribution < -0.4 is 9.21 Å². The van der Waals surface area contributed by atoms with Gasteiger partial charge in [0.1, 0.15) is 5.69 Å². The first-order valence-electron chi connectivity index (χ1n) is 9.53. The van der Waals surface area contributed by atoms with E-state index in [1.807, 2.05) is 24.3 Å². The molecule has 0 N–H and O–H groups in total. The number of para-hydroxylation sites is 1. The summed E-state index contributed by atoms with van der Waals surface area (Å²) in [4.78, 5) is 27.4. The minimum Gasteiger partial charge on any atom is -0.312 e. The van der Waals surface area contributed by atoms with Crippen LogP contribution in [0.4, 0.5) is 11.4 Å². The zero-order chi connectivity index (χ0) is 21.3. The molecular formula is C20H26N4O4S. The molecule has 0 saturated heterocycles. The summed E-state index contributed by atoms with van der Waals surface area (Å²) in [7, 11) is -2.18. The zero-order valence-corrected chi connectivity index (χ0v) is 18.0. The summed E-state index contributed by atoms with van der Waals surface area (Å²) in [5, 5.41) is 4.20. The maximum Gasteiger partial charge on any atom is 0.241 e. The maximum absolute atomic E-state index is 12.9. The van der Waals surface area contributed by atoms with Crippen molar-refractivity contribution in [3.8, 4) is 0 Å². The van der Waals surface area contributed by atoms with Crippen molar-refractivity contribution in [1.29, 1.82) is 0 Å². The summed E-state index contributed by atoms with van der Waals surface area (Å²) in [6.07, 6.45) is 2.51. The second kappa shape index (κ2) is 7.98. The predicted molar refractivity (Wildman–Crippen MR) is 111 cm³/mol. The molecule has 0 fully saturated rings. The van der Waals surface area contributed by atoms with Crippen LogP contribution in [-0.2, 0) is 33.1 Å². The van der Waals surface area contributed by atoms with E-state index in [-0.39, 0.29) is 24.4 Å². The average molecular weight is 419 g/mol. The molecule has 3 rings (SSSR count). The number of anilines is 2. The molecule has 8 nitrogen and oxygen atoms in total. The van der Waals surface area contributed by atoms with Gasteiger partial charge in [-0.15, -0.1) is 0 Å². The summed E-state index contributed by atoms with van der Waals surface area (Å²) in [6, 6.07) is 7.73. The van der Waals surface area contributed by atoms with Crippen LogP contribution in [0.2, 0.25) is 0 Å². The molecule has 2 amide bonds. The smallest absolute Gasteiger partial charge is 0.241 e. The van der Waals surface area contributed by atoms with Crippen molar-refractivity contribution < 1.29 is 18.0 Å². The highest BCUT2D eigenvalue weighted by Crippen LogP contribution is 2.29. The van der Waals surface area contributed by atoms with Crippen molar-refractivity contribution in [2.24, 2.45) is 7.05 Å². The first-order valence-corrected chi connectivity index (χ1v) is 11.4. The van der Waals surface area contributed by atoms with Crippen LogP contribution in [0, 0.1) is 13.8 Å². The fourth-order valence-electron chi connectivity index (χ4n) is 3.77. The van der Waals surface area contributed by atoms with E-state index in [2.05, 4.69) is 5.10 Å². The highest BCUT2D eigenvalue weighted by Gasteiger charge is 2.31.